The van der Waals surface area contributed by atoms with E-state index in [1.165, 1.54) is 0 Å². The van der Waals surface area contributed by atoms with Crippen LogP contribution >= 0.6 is 0 Å². The lowest BCUT2D eigenvalue weighted by molar-refractivity contribution is -0.217. The van der Waals surface area contributed by atoms with Crippen LogP contribution < -0.4 is 0 Å². The molecule has 0 aliphatic carbocycles. The number of ether oxygens (including phenoxy) is 3. The molecule has 20 heavy (non-hydrogen) atoms. The van der Waals surface area contributed by atoms with Crippen LogP contribution in [-0.4, -0.2) is 25.3 Å². The van der Waals surface area contributed by atoms with E-state index in [9.17, 15) is 4.79 Å². The zero-order valence-corrected chi connectivity index (χ0v) is 11.1. The molecular weight excluding hydrogens is 260 g/mol. The molecule has 5 nitrogen and oxygen atoms in total. The van der Waals surface area contributed by atoms with E-state index in [1.54, 1.807) is 32.4 Å². The van der Waals surface area contributed by atoms with Crippen molar-refractivity contribution in [2.75, 3.05) is 14.2 Å². The van der Waals surface area contributed by atoms with Gasteiger partial charge in [0.25, 0.3) is 0 Å². The predicted molar refractivity (Wildman–Crippen MR) is 71.5 cm³/mol. The Morgan fingerprint density at radius 3 is 2.20 bits per heavy atom. The molecule has 1 heterocycles. The van der Waals surface area contributed by atoms with Gasteiger partial charge >= 0.3 is 5.97 Å². The monoisotopic (exact) mass is 274 g/mol. The van der Waals surface area contributed by atoms with Crippen LogP contribution in [0.5, 0.6) is 0 Å². The molecule has 0 saturated carbocycles. The average Bonchev–Trinajstić information content (AvgIpc) is 2.81. The number of benzene rings is 2. The maximum Gasteiger partial charge on any atom is 0.335 e. The van der Waals surface area contributed by atoms with Crippen LogP contribution in [-0.2, 0) is 14.2 Å². The number of methoxy groups -OCH3 is 2. The molecule has 0 spiro atoms. The minimum atomic E-state index is -0.943. The number of carboxylic acids is 1. The molecule has 0 radical (unpaired) electrons. The quantitative estimate of drug-likeness (QED) is 0.932. The highest BCUT2D eigenvalue weighted by molar-refractivity contribution is 5.95. The molecule has 1 N–H and O–H groups in total. The number of carbonyl (C=O) groups is 1. The molecule has 5 heteroatoms. The summed E-state index contributed by atoms with van der Waals surface area (Å²) >= 11 is 0. The van der Waals surface area contributed by atoms with Crippen molar-refractivity contribution >= 4 is 16.7 Å². The van der Waals surface area contributed by atoms with Crippen LogP contribution in [0.3, 0.4) is 0 Å². The zero-order chi connectivity index (χ0) is 14.3. The minimum Gasteiger partial charge on any atom is -0.478 e. The largest absolute Gasteiger partial charge is 0.478 e. The van der Waals surface area contributed by atoms with Crippen molar-refractivity contribution in [3.05, 3.63) is 47.0 Å². The maximum atomic E-state index is 11.0. The molecule has 2 aromatic rings. The molecule has 1 aliphatic heterocycles. The van der Waals surface area contributed by atoms with Gasteiger partial charge in [-0.2, -0.15) is 0 Å². The summed E-state index contributed by atoms with van der Waals surface area (Å²) in [7, 11) is 3.13. The van der Waals surface area contributed by atoms with E-state index >= 15 is 0 Å². The van der Waals surface area contributed by atoms with Gasteiger partial charge in [0.05, 0.1) is 5.56 Å². The standard InChI is InChI=1S/C15H14O5/c1-18-14-11-6-8-3-4-9(13(16)17)5-10(8)7-12(11)15(19-2)20-14/h3-7,14-15H,1-2H3,(H,16,17). The van der Waals surface area contributed by atoms with Crippen molar-refractivity contribution in [1.82, 2.24) is 0 Å². The highest BCUT2D eigenvalue weighted by Crippen LogP contribution is 2.41. The highest BCUT2D eigenvalue weighted by Gasteiger charge is 2.32. The Morgan fingerprint density at radius 1 is 1.05 bits per heavy atom. The van der Waals surface area contributed by atoms with E-state index in [4.69, 9.17) is 19.3 Å². The van der Waals surface area contributed by atoms with E-state index in [2.05, 4.69) is 0 Å². The Hall–Kier alpha value is -1.95. The third-order valence-electron chi connectivity index (χ3n) is 3.47. The van der Waals surface area contributed by atoms with Gasteiger partial charge < -0.3 is 19.3 Å². The summed E-state index contributed by atoms with van der Waals surface area (Å²) in [6, 6.07) is 8.85. The fourth-order valence-electron chi connectivity index (χ4n) is 2.50. The summed E-state index contributed by atoms with van der Waals surface area (Å²) in [6.07, 6.45) is -0.952. The fourth-order valence-corrected chi connectivity index (χ4v) is 2.50. The summed E-state index contributed by atoms with van der Waals surface area (Å²) in [6.45, 7) is 0. The lowest BCUT2D eigenvalue weighted by Crippen LogP contribution is -2.01. The van der Waals surface area contributed by atoms with Gasteiger partial charge in [-0.3, -0.25) is 0 Å². The molecule has 2 aromatic carbocycles. The first-order chi connectivity index (χ1) is 9.63. The van der Waals surface area contributed by atoms with Gasteiger partial charge in [-0.25, -0.2) is 4.79 Å². The van der Waals surface area contributed by atoms with Gasteiger partial charge in [-0.15, -0.1) is 0 Å². The number of fused-ring (bicyclic) bond motifs is 2. The molecule has 0 aromatic heterocycles. The molecule has 0 amide bonds. The van der Waals surface area contributed by atoms with E-state index < -0.39 is 18.5 Å². The minimum absolute atomic E-state index is 0.258. The maximum absolute atomic E-state index is 11.0. The van der Waals surface area contributed by atoms with Gasteiger partial charge in [0.2, 0.25) is 0 Å². The summed E-state index contributed by atoms with van der Waals surface area (Å²) in [5, 5.41) is 10.8. The number of hydrogen-bond acceptors (Lipinski definition) is 4. The van der Waals surface area contributed by atoms with Crippen molar-refractivity contribution < 1.29 is 24.1 Å². The molecule has 0 saturated heterocycles. The lowest BCUT2D eigenvalue weighted by Gasteiger charge is -2.10. The Balaban J connectivity index is 2.18. The Kier molecular flexibility index (Phi) is 3.17. The molecule has 1 aliphatic rings. The third-order valence-corrected chi connectivity index (χ3v) is 3.47. The van der Waals surface area contributed by atoms with Gasteiger partial charge in [-0.05, 0) is 35.0 Å². The molecular formula is C15H14O5. The molecule has 2 unspecified atom stereocenters. The highest BCUT2D eigenvalue weighted by atomic mass is 16.8. The van der Waals surface area contributed by atoms with Crippen molar-refractivity contribution in [1.29, 1.82) is 0 Å². The van der Waals surface area contributed by atoms with Crippen LogP contribution in [0.25, 0.3) is 10.8 Å². The van der Waals surface area contributed by atoms with E-state index in [-0.39, 0.29) is 5.56 Å². The molecule has 0 fully saturated rings. The second kappa shape index (κ2) is 4.86. The van der Waals surface area contributed by atoms with Crippen LogP contribution in [0.2, 0.25) is 0 Å². The topological polar surface area (TPSA) is 65.0 Å². The first-order valence-electron chi connectivity index (χ1n) is 6.16. The van der Waals surface area contributed by atoms with Gasteiger partial charge in [0.15, 0.2) is 12.6 Å². The van der Waals surface area contributed by atoms with E-state index in [0.29, 0.717) is 0 Å². The average molecular weight is 274 g/mol. The van der Waals surface area contributed by atoms with Crippen LogP contribution in [0.1, 0.15) is 34.1 Å². The van der Waals surface area contributed by atoms with Crippen molar-refractivity contribution in [3.63, 3.8) is 0 Å². The Morgan fingerprint density at radius 2 is 1.65 bits per heavy atom. The summed E-state index contributed by atoms with van der Waals surface area (Å²) in [4.78, 5) is 11.0. The second-order valence-corrected chi connectivity index (χ2v) is 4.62. The van der Waals surface area contributed by atoms with Crippen LogP contribution in [0.15, 0.2) is 30.3 Å². The number of hydrogen-bond donors (Lipinski definition) is 1. The number of aromatic carboxylic acids is 1. The van der Waals surface area contributed by atoms with E-state index in [1.807, 2.05) is 12.1 Å². The summed E-state index contributed by atoms with van der Waals surface area (Å²) < 4.78 is 16.2. The summed E-state index contributed by atoms with van der Waals surface area (Å²) in [5.74, 6) is -0.943. The van der Waals surface area contributed by atoms with Gasteiger partial charge in [-0.1, -0.05) is 6.07 Å². The fraction of sp³-hybridized carbons (Fsp3) is 0.267. The van der Waals surface area contributed by atoms with Crippen LogP contribution in [0.4, 0.5) is 0 Å². The van der Waals surface area contributed by atoms with Crippen molar-refractivity contribution in [2.45, 2.75) is 12.6 Å². The zero-order valence-electron chi connectivity index (χ0n) is 11.1. The predicted octanol–water partition coefficient (Wildman–Crippen LogP) is 2.86. The van der Waals surface area contributed by atoms with Crippen molar-refractivity contribution in [3.8, 4) is 0 Å². The van der Waals surface area contributed by atoms with Gasteiger partial charge in [0.1, 0.15) is 0 Å². The van der Waals surface area contributed by atoms with E-state index in [0.717, 1.165) is 21.9 Å². The Labute approximate surface area is 115 Å². The molecule has 2 atom stereocenters. The first-order valence-corrected chi connectivity index (χ1v) is 6.16. The third kappa shape index (κ3) is 1.96. The molecule has 0 bridgehead atoms. The number of carboxylic acid groups (broad SMARTS) is 1. The van der Waals surface area contributed by atoms with Crippen LogP contribution in [0, 0.1) is 0 Å². The molecule has 104 valence electrons. The Bertz CT molecular complexity index is 679. The lowest BCUT2D eigenvalue weighted by atomic mass is 10.00. The summed E-state index contributed by atoms with van der Waals surface area (Å²) in [5.41, 5.74) is 2.04. The number of rotatable bonds is 3. The molecule has 3 rings (SSSR count). The smallest absolute Gasteiger partial charge is 0.335 e. The SMILES string of the molecule is COC1OC(OC)c2cc3cc(C(=O)O)ccc3cc21. The van der Waals surface area contributed by atoms with Crippen molar-refractivity contribution in [2.24, 2.45) is 0 Å². The van der Waals surface area contributed by atoms with Gasteiger partial charge in [0, 0.05) is 25.3 Å². The first kappa shape index (κ1) is 13.1. The normalized spacial score (nSPS) is 21.1. The second-order valence-electron chi connectivity index (χ2n) is 4.62.